The minimum absolute atomic E-state index is 0.00262. The summed E-state index contributed by atoms with van der Waals surface area (Å²) in [7, 11) is -2.45. The fraction of sp³-hybridized carbons (Fsp3) is 0.238. The smallest absolute Gasteiger partial charge is 0.324 e. The van der Waals surface area contributed by atoms with Crippen LogP contribution in [0.2, 0.25) is 0 Å². The van der Waals surface area contributed by atoms with Crippen molar-refractivity contribution in [1.29, 1.82) is 0 Å². The molecule has 0 spiro atoms. The highest BCUT2D eigenvalue weighted by Gasteiger charge is 2.49. The average Bonchev–Trinajstić information content (AvgIpc) is 3.44. The van der Waals surface area contributed by atoms with Crippen molar-refractivity contribution in [2.75, 3.05) is 18.9 Å². The Labute approximate surface area is 200 Å². The number of aromatic nitrogens is 4. The summed E-state index contributed by atoms with van der Waals surface area (Å²) in [4.78, 5) is 39.3. The number of amides is 4. The fourth-order valence-electron chi connectivity index (χ4n) is 3.70. The number of hydrogen-bond donors (Lipinski definition) is 3. The maximum Gasteiger partial charge on any atom is 0.325 e. The van der Waals surface area contributed by atoms with Crippen LogP contribution in [0, 0.1) is 6.92 Å². The SMILES string of the molecule is CNS(=O)(=O)c1cc(NC(=O)CN2C(=O)N[C@@](C)(c3cccc(-n4cnnn4)c3)C2=O)ccc1C. The maximum atomic E-state index is 13.2. The molecule has 1 atom stereocenters. The standard InChI is InChI=1S/C21H22N8O5S/c1-13-7-8-15(10-17(13)35(33,34)22-3)24-18(30)11-28-19(31)21(2,25-20(28)32)14-5-4-6-16(9-14)29-12-23-26-27-29/h4-10,12,22H,11H2,1-3H3,(H,24,30)(H,25,32)/t21-/m0/s1. The second-order valence-electron chi connectivity index (χ2n) is 7.99. The van der Waals surface area contributed by atoms with Gasteiger partial charge in [-0.05, 0) is 66.7 Å². The van der Waals surface area contributed by atoms with E-state index in [4.69, 9.17) is 0 Å². The Morgan fingerprint density at radius 3 is 2.63 bits per heavy atom. The van der Waals surface area contributed by atoms with Crippen molar-refractivity contribution in [3.63, 3.8) is 0 Å². The van der Waals surface area contributed by atoms with E-state index in [9.17, 15) is 22.8 Å². The number of sulfonamides is 1. The lowest BCUT2D eigenvalue weighted by molar-refractivity contribution is -0.133. The summed E-state index contributed by atoms with van der Waals surface area (Å²) < 4.78 is 28.0. The van der Waals surface area contributed by atoms with E-state index in [0.717, 1.165) is 4.90 Å². The number of carbonyl (C=O) groups is 3. The van der Waals surface area contributed by atoms with E-state index in [1.165, 1.54) is 30.2 Å². The largest absolute Gasteiger partial charge is 0.325 e. The Hall–Kier alpha value is -4.17. The highest BCUT2D eigenvalue weighted by molar-refractivity contribution is 7.89. The van der Waals surface area contributed by atoms with Gasteiger partial charge < -0.3 is 10.6 Å². The Morgan fingerprint density at radius 2 is 1.94 bits per heavy atom. The predicted octanol–water partition coefficient (Wildman–Crippen LogP) is 0.285. The lowest BCUT2D eigenvalue weighted by Gasteiger charge is -2.22. The topological polar surface area (TPSA) is 168 Å². The molecule has 4 amide bonds. The fourth-order valence-corrected chi connectivity index (χ4v) is 4.69. The molecule has 13 nitrogen and oxygen atoms in total. The summed E-state index contributed by atoms with van der Waals surface area (Å²) in [5.74, 6) is -1.29. The van der Waals surface area contributed by atoms with Gasteiger partial charge in [-0.1, -0.05) is 18.2 Å². The van der Waals surface area contributed by atoms with E-state index in [0.29, 0.717) is 16.8 Å². The summed E-state index contributed by atoms with van der Waals surface area (Å²) in [5, 5.41) is 16.2. The first kappa shape index (κ1) is 24.0. The number of benzene rings is 2. The number of nitrogens with zero attached hydrogens (tertiary/aromatic N) is 5. The van der Waals surface area contributed by atoms with Gasteiger partial charge in [-0.3, -0.25) is 14.5 Å². The third-order valence-electron chi connectivity index (χ3n) is 5.64. The van der Waals surface area contributed by atoms with Crippen LogP contribution in [0.1, 0.15) is 18.1 Å². The summed E-state index contributed by atoms with van der Waals surface area (Å²) in [6, 6.07) is 10.4. The molecule has 0 radical (unpaired) electrons. The number of carbonyl (C=O) groups excluding carboxylic acids is 3. The van der Waals surface area contributed by atoms with Crippen LogP contribution in [0.5, 0.6) is 0 Å². The van der Waals surface area contributed by atoms with Gasteiger partial charge in [0, 0.05) is 5.69 Å². The molecule has 0 saturated carbocycles. The van der Waals surface area contributed by atoms with Gasteiger partial charge in [-0.2, -0.15) is 0 Å². The third kappa shape index (κ3) is 4.48. The van der Waals surface area contributed by atoms with Gasteiger partial charge in [0.25, 0.3) is 5.91 Å². The van der Waals surface area contributed by atoms with Gasteiger partial charge in [0.1, 0.15) is 18.4 Å². The summed E-state index contributed by atoms with van der Waals surface area (Å²) in [5.41, 5.74) is 0.342. The first-order chi connectivity index (χ1) is 16.5. The molecular formula is C21H22N8O5S. The molecular weight excluding hydrogens is 476 g/mol. The molecule has 1 saturated heterocycles. The van der Waals surface area contributed by atoms with Crippen LogP contribution in [0.15, 0.2) is 53.7 Å². The van der Waals surface area contributed by atoms with E-state index in [1.807, 2.05) is 0 Å². The van der Waals surface area contributed by atoms with Crippen molar-refractivity contribution < 1.29 is 22.8 Å². The van der Waals surface area contributed by atoms with Crippen LogP contribution < -0.4 is 15.4 Å². The lowest BCUT2D eigenvalue weighted by atomic mass is 9.91. The summed E-state index contributed by atoms with van der Waals surface area (Å²) in [6.07, 6.45) is 1.39. The Kier molecular flexibility index (Phi) is 6.08. The number of aryl methyl sites for hydroxylation is 1. The van der Waals surface area contributed by atoms with Gasteiger partial charge in [-0.15, -0.1) is 5.10 Å². The molecule has 0 bridgehead atoms. The van der Waals surface area contributed by atoms with Crippen LogP contribution >= 0.6 is 0 Å². The molecule has 3 aromatic rings. The van der Waals surface area contributed by atoms with Crippen molar-refractivity contribution in [3.05, 3.63) is 59.9 Å². The van der Waals surface area contributed by atoms with Gasteiger partial charge in [0.05, 0.1) is 10.6 Å². The molecule has 1 fully saturated rings. The van der Waals surface area contributed by atoms with Crippen molar-refractivity contribution >= 4 is 33.6 Å². The molecule has 0 aliphatic carbocycles. The first-order valence-corrected chi connectivity index (χ1v) is 11.9. The van der Waals surface area contributed by atoms with Crippen molar-refractivity contribution in [3.8, 4) is 5.69 Å². The first-order valence-electron chi connectivity index (χ1n) is 10.4. The van der Waals surface area contributed by atoms with E-state index >= 15 is 0 Å². The number of hydrogen-bond acceptors (Lipinski definition) is 8. The number of anilines is 1. The van der Waals surface area contributed by atoms with E-state index in [2.05, 4.69) is 30.9 Å². The van der Waals surface area contributed by atoms with Crippen molar-refractivity contribution in [1.82, 2.24) is 35.1 Å². The van der Waals surface area contributed by atoms with E-state index in [1.54, 1.807) is 44.2 Å². The monoisotopic (exact) mass is 498 g/mol. The third-order valence-corrected chi connectivity index (χ3v) is 7.20. The average molecular weight is 499 g/mol. The number of urea groups is 1. The molecule has 4 rings (SSSR count). The highest BCUT2D eigenvalue weighted by Crippen LogP contribution is 2.30. The molecule has 35 heavy (non-hydrogen) atoms. The molecule has 1 aromatic heterocycles. The van der Waals surface area contributed by atoms with Crippen LogP contribution in [0.4, 0.5) is 10.5 Å². The van der Waals surface area contributed by atoms with Gasteiger partial charge in [0.2, 0.25) is 15.9 Å². The second-order valence-corrected chi connectivity index (χ2v) is 9.84. The summed E-state index contributed by atoms with van der Waals surface area (Å²) >= 11 is 0. The minimum atomic E-state index is -3.74. The van der Waals surface area contributed by atoms with Crippen molar-refractivity contribution in [2.45, 2.75) is 24.3 Å². The second kappa shape index (κ2) is 8.88. The number of tetrazole rings is 1. The van der Waals surface area contributed by atoms with Crippen LogP contribution in [0.3, 0.4) is 0 Å². The molecule has 2 heterocycles. The van der Waals surface area contributed by atoms with E-state index in [-0.39, 0.29) is 10.6 Å². The normalized spacial score (nSPS) is 18.0. The minimum Gasteiger partial charge on any atom is -0.324 e. The number of imide groups is 1. The Bertz CT molecular complexity index is 1420. The zero-order valence-corrected chi connectivity index (χ0v) is 19.8. The van der Waals surface area contributed by atoms with E-state index < -0.39 is 40.0 Å². The quantitative estimate of drug-likeness (QED) is 0.390. The van der Waals surface area contributed by atoms with Crippen LogP contribution in [-0.2, 0) is 25.2 Å². The Morgan fingerprint density at radius 1 is 1.17 bits per heavy atom. The van der Waals surface area contributed by atoms with Crippen LogP contribution in [-0.4, -0.2) is 65.0 Å². The Balaban J connectivity index is 1.52. The molecule has 2 aromatic carbocycles. The molecule has 3 N–H and O–H groups in total. The molecule has 182 valence electrons. The van der Waals surface area contributed by atoms with Crippen molar-refractivity contribution in [2.24, 2.45) is 0 Å². The highest BCUT2D eigenvalue weighted by atomic mass is 32.2. The molecule has 14 heteroatoms. The number of rotatable bonds is 7. The maximum absolute atomic E-state index is 13.2. The zero-order valence-electron chi connectivity index (χ0n) is 19.0. The summed E-state index contributed by atoms with van der Waals surface area (Å²) in [6.45, 7) is 2.60. The number of nitrogens with one attached hydrogen (secondary N) is 3. The van der Waals surface area contributed by atoms with Gasteiger partial charge in [0.15, 0.2) is 0 Å². The molecule has 1 aliphatic rings. The van der Waals surface area contributed by atoms with Crippen LogP contribution in [0.25, 0.3) is 5.69 Å². The zero-order chi connectivity index (χ0) is 25.4. The molecule has 1 aliphatic heterocycles. The van der Waals surface area contributed by atoms with Gasteiger partial charge >= 0.3 is 6.03 Å². The lowest BCUT2D eigenvalue weighted by Crippen LogP contribution is -2.42. The molecule has 0 unspecified atom stereocenters. The van der Waals surface area contributed by atoms with Gasteiger partial charge in [-0.25, -0.2) is 22.6 Å². The predicted molar refractivity (Wildman–Crippen MR) is 123 cm³/mol.